The van der Waals surface area contributed by atoms with Crippen LogP contribution in [0.4, 0.5) is 0 Å². The average Bonchev–Trinajstić information content (AvgIpc) is 3.16. The van der Waals surface area contributed by atoms with Crippen LogP contribution in [0.3, 0.4) is 0 Å². The largest absolute Gasteiger partial charge is 0.313 e. The average molecular weight is 493 g/mol. The van der Waals surface area contributed by atoms with Crippen molar-refractivity contribution in [3.63, 3.8) is 0 Å². The Morgan fingerprint density at radius 1 is 0.818 bits per heavy atom. The zero-order valence-corrected chi connectivity index (χ0v) is 25.3. The van der Waals surface area contributed by atoms with Crippen molar-refractivity contribution in [1.82, 2.24) is 10.6 Å². The van der Waals surface area contributed by atoms with E-state index in [-0.39, 0.29) is 18.5 Å². The maximum Gasteiger partial charge on any atom is 0.0370 e. The molecule has 0 bridgehead atoms. The van der Waals surface area contributed by atoms with E-state index in [1.54, 1.807) is 11.1 Å². The van der Waals surface area contributed by atoms with Gasteiger partial charge in [-0.1, -0.05) is 95.2 Å². The van der Waals surface area contributed by atoms with Crippen LogP contribution < -0.4 is 10.6 Å². The fourth-order valence-corrected chi connectivity index (χ4v) is 11.3. The summed E-state index contributed by atoms with van der Waals surface area (Å²) in [5, 5.41) is 8.80. The van der Waals surface area contributed by atoms with Crippen molar-refractivity contribution in [3.8, 4) is 0 Å². The molecule has 2 fully saturated rings. The lowest BCUT2D eigenvalue weighted by molar-refractivity contribution is 0.255. The number of hydrogen-bond acceptors (Lipinski definition) is 2. The van der Waals surface area contributed by atoms with Gasteiger partial charge in [-0.3, -0.25) is 0 Å². The van der Waals surface area contributed by atoms with Crippen molar-refractivity contribution in [2.24, 2.45) is 11.3 Å². The molecule has 190 valence electrons. The summed E-state index contributed by atoms with van der Waals surface area (Å²) in [4.78, 5) is 0. The summed E-state index contributed by atoms with van der Waals surface area (Å²) < 4.78 is 0. The van der Waals surface area contributed by atoms with E-state index < -0.39 is 0 Å². The number of rotatable bonds is 5. The van der Waals surface area contributed by atoms with Gasteiger partial charge in [-0.05, 0) is 71.8 Å². The molecule has 1 aliphatic carbocycles. The summed E-state index contributed by atoms with van der Waals surface area (Å²) in [6, 6.07) is 1.09. The molecule has 2 saturated heterocycles. The highest BCUT2D eigenvalue weighted by Gasteiger charge is 2.49. The molecule has 4 atom stereocenters. The van der Waals surface area contributed by atoms with Gasteiger partial charge in [0.25, 0.3) is 0 Å². The van der Waals surface area contributed by atoms with Crippen molar-refractivity contribution in [2.75, 3.05) is 19.3 Å². The van der Waals surface area contributed by atoms with Crippen LogP contribution in [0.15, 0.2) is 23.3 Å². The SMILES string of the molecule is CC(C)(C)C1=CC(CP(C(C)(C)C)C(C)(C)C)C(C(P)(C2CCCCN2)C2CCCCN2)=C1. The van der Waals surface area contributed by atoms with E-state index >= 15 is 0 Å². The molecule has 2 aliphatic heterocycles. The Balaban J connectivity index is 2.07. The number of allylic oxidation sites excluding steroid dienone is 3. The van der Waals surface area contributed by atoms with Gasteiger partial charge in [0.15, 0.2) is 0 Å². The van der Waals surface area contributed by atoms with Crippen molar-refractivity contribution >= 4 is 17.2 Å². The van der Waals surface area contributed by atoms with Crippen LogP contribution in [-0.2, 0) is 0 Å². The molecule has 3 rings (SSSR count). The summed E-state index contributed by atoms with van der Waals surface area (Å²) in [5.41, 5.74) is 3.45. The molecule has 4 heteroatoms. The van der Waals surface area contributed by atoms with Gasteiger partial charge in [0.2, 0.25) is 0 Å². The Kier molecular flexibility index (Phi) is 8.71. The fraction of sp³-hybridized carbons (Fsp3) is 0.862. The third kappa shape index (κ3) is 6.34. The predicted octanol–water partition coefficient (Wildman–Crippen LogP) is 7.49. The van der Waals surface area contributed by atoms with Gasteiger partial charge in [-0.2, -0.15) is 0 Å². The molecule has 0 saturated carbocycles. The van der Waals surface area contributed by atoms with Crippen LogP contribution in [-0.4, -0.2) is 46.8 Å². The molecular weight excluding hydrogens is 438 g/mol. The van der Waals surface area contributed by atoms with Crippen molar-refractivity contribution in [2.45, 2.75) is 128 Å². The highest BCUT2D eigenvalue weighted by Crippen LogP contribution is 2.62. The summed E-state index contributed by atoms with van der Waals surface area (Å²) in [5.74, 6) is 0.550. The van der Waals surface area contributed by atoms with Gasteiger partial charge in [0.1, 0.15) is 0 Å². The van der Waals surface area contributed by atoms with E-state index in [0.29, 0.717) is 28.3 Å². The van der Waals surface area contributed by atoms with Gasteiger partial charge in [-0.25, -0.2) is 0 Å². The topological polar surface area (TPSA) is 24.1 Å². The molecule has 0 aromatic carbocycles. The number of hydrogen-bond donors (Lipinski definition) is 2. The first-order valence-electron chi connectivity index (χ1n) is 13.6. The van der Waals surface area contributed by atoms with Gasteiger partial charge >= 0.3 is 0 Å². The fourth-order valence-electron chi connectivity index (χ4n) is 6.61. The molecule has 2 nitrogen and oxygen atoms in total. The predicted molar refractivity (Wildman–Crippen MR) is 154 cm³/mol. The Bertz CT molecular complexity index is 688. The smallest absolute Gasteiger partial charge is 0.0370 e. The van der Waals surface area contributed by atoms with Crippen LogP contribution in [0.25, 0.3) is 0 Å². The van der Waals surface area contributed by atoms with Gasteiger partial charge in [0, 0.05) is 23.2 Å². The lowest BCUT2D eigenvalue weighted by Gasteiger charge is -2.51. The molecule has 3 aliphatic rings. The zero-order valence-electron chi connectivity index (χ0n) is 23.3. The third-order valence-electron chi connectivity index (χ3n) is 8.23. The minimum absolute atomic E-state index is 0.0891. The van der Waals surface area contributed by atoms with E-state index in [1.165, 1.54) is 57.8 Å². The summed E-state index contributed by atoms with van der Waals surface area (Å²) >= 11 is 0. The molecule has 0 amide bonds. The van der Waals surface area contributed by atoms with Gasteiger partial charge < -0.3 is 10.6 Å². The van der Waals surface area contributed by atoms with E-state index in [9.17, 15) is 0 Å². The quantitative estimate of drug-likeness (QED) is 0.389. The highest BCUT2D eigenvalue weighted by molar-refractivity contribution is 7.60. The second-order valence-corrected chi connectivity index (χ2v) is 18.8. The minimum atomic E-state index is -0.153. The van der Waals surface area contributed by atoms with Crippen LogP contribution in [0.2, 0.25) is 0 Å². The Labute approximate surface area is 209 Å². The first kappa shape index (κ1) is 27.8. The monoisotopic (exact) mass is 492 g/mol. The second kappa shape index (κ2) is 10.3. The molecule has 0 aromatic rings. The summed E-state index contributed by atoms with van der Waals surface area (Å²) in [6.07, 6.45) is 14.6. The number of nitrogens with one attached hydrogen (secondary N) is 2. The normalized spacial score (nSPS) is 29.6. The Morgan fingerprint density at radius 3 is 1.67 bits per heavy atom. The highest BCUT2D eigenvalue weighted by atomic mass is 31.1. The molecule has 0 spiro atoms. The zero-order chi connectivity index (χ0) is 24.7. The van der Waals surface area contributed by atoms with Crippen molar-refractivity contribution in [3.05, 3.63) is 23.3 Å². The minimum Gasteiger partial charge on any atom is -0.313 e. The van der Waals surface area contributed by atoms with Crippen LogP contribution >= 0.6 is 17.2 Å². The van der Waals surface area contributed by atoms with Crippen LogP contribution in [0.5, 0.6) is 0 Å². The molecule has 33 heavy (non-hydrogen) atoms. The van der Waals surface area contributed by atoms with Crippen LogP contribution in [0, 0.1) is 11.3 Å². The summed E-state index contributed by atoms with van der Waals surface area (Å²) in [7, 11) is 3.33. The maximum absolute atomic E-state index is 4.00. The number of piperidine rings is 2. The molecular formula is C29H54N2P2. The first-order valence-corrected chi connectivity index (χ1v) is 15.7. The van der Waals surface area contributed by atoms with Crippen LogP contribution in [0.1, 0.15) is 101 Å². The maximum atomic E-state index is 4.00. The van der Waals surface area contributed by atoms with Crippen molar-refractivity contribution in [1.29, 1.82) is 0 Å². The van der Waals surface area contributed by atoms with Crippen molar-refractivity contribution < 1.29 is 0 Å². The van der Waals surface area contributed by atoms with E-state index in [1.807, 2.05) is 0 Å². The molecule has 0 radical (unpaired) electrons. The molecule has 0 aromatic heterocycles. The Hall–Kier alpha value is 0.260. The molecule has 4 unspecified atom stereocenters. The van der Waals surface area contributed by atoms with E-state index in [0.717, 1.165) is 0 Å². The third-order valence-corrected chi connectivity index (χ3v) is 13.4. The van der Waals surface area contributed by atoms with Gasteiger partial charge in [-0.15, -0.1) is 9.24 Å². The van der Waals surface area contributed by atoms with E-state index in [4.69, 9.17) is 0 Å². The summed E-state index contributed by atoms with van der Waals surface area (Å²) in [6.45, 7) is 24.4. The first-order chi connectivity index (χ1) is 15.1. The standard InChI is InChI=1S/C29H54N2P2/c1-26(2,3)22-18-21(20-33(27(4,5)6)28(7,8)9)23(19-22)29(32,24-14-10-12-16-30-24)25-15-11-13-17-31-25/h18-19,21,24-25,30-31H,10-17,20,32H2,1-9H3. The van der Waals surface area contributed by atoms with E-state index in [2.05, 4.69) is 94.3 Å². The lowest BCUT2D eigenvalue weighted by Crippen LogP contribution is -2.62. The lowest BCUT2D eigenvalue weighted by atomic mass is 9.74. The Morgan fingerprint density at radius 2 is 1.30 bits per heavy atom. The second-order valence-electron chi connectivity index (χ2n) is 14.0. The molecule has 2 heterocycles. The van der Waals surface area contributed by atoms with Gasteiger partial charge in [0.05, 0.1) is 0 Å². The molecule has 2 N–H and O–H groups in total.